The minimum Gasteiger partial charge on any atom is -0.494 e. The lowest BCUT2D eigenvalue weighted by atomic mass is 9.78. The quantitative estimate of drug-likeness (QED) is 0.0778. The summed E-state index contributed by atoms with van der Waals surface area (Å²) in [6.45, 7) is 7.41. The molecule has 0 unspecified atom stereocenters. The minimum absolute atomic E-state index is 0.382. The molecule has 1 saturated carbocycles. The van der Waals surface area contributed by atoms with Gasteiger partial charge in [0.1, 0.15) is 17.2 Å². The van der Waals surface area contributed by atoms with Crippen LogP contribution in [-0.2, 0) is 0 Å². The summed E-state index contributed by atoms with van der Waals surface area (Å²) in [5, 5.41) is 0. The molecule has 2 aromatic rings. The van der Waals surface area contributed by atoms with E-state index >= 15 is 0 Å². The highest BCUT2D eigenvalue weighted by atomic mass is 16.5. The summed E-state index contributed by atoms with van der Waals surface area (Å²) in [6, 6.07) is 14.4. The number of esters is 1. The SMILES string of the molecule is C=CCCCCOc1ccc(C(=O)Oc2ccc(OCCC[C@H]3CC[C@H](CCCCCCC)CC3)cc2)cc1. The molecule has 1 aliphatic carbocycles. The second-order valence-corrected chi connectivity index (χ2v) is 11.1. The maximum absolute atomic E-state index is 12.5. The number of hydrogen-bond acceptors (Lipinski definition) is 4. The Morgan fingerprint density at radius 3 is 1.87 bits per heavy atom. The first kappa shape index (κ1) is 30.8. The summed E-state index contributed by atoms with van der Waals surface area (Å²) < 4.78 is 17.2. The van der Waals surface area contributed by atoms with E-state index in [0.717, 1.165) is 55.6 Å². The normalized spacial score (nSPS) is 16.9. The Morgan fingerprint density at radius 1 is 0.718 bits per heavy atom. The average molecular weight is 535 g/mol. The third-order valence-electron chi connectivity index (χ3n) is 7.90. The third-order valence-corrected chi connectivity index (χ3v) is 7.90. The monoisotopic (exact) mass is 534 g/mol. The lowest BCUT2D eigenvalue weighted by Gasteiger charge is -2.28. The maximum atomic E-state index is 12.5. The zero-order chi connectivity index (χ0) is 27.5. The van der Waals surface area contributed by atoms with Crippen LogP contribution in [0, 0.1) is 11.8 Å². The Balaban J connectivity index is 1.27. The molecule has 0 saturated heterocycles. The van der Waals surface area contributed by atoms with Crippen LogP contribution in [0.4, 0.5) is 0 Å². The van der Waals surface area contributed by atoms with E-state index in [1.807, 2.05) is 30.3 Å². The average Bonchev–Trinajstić information content (AvgIpc) is 2.97. The molecule has 39 heavy (non-hydrogen) atoms. The standard InChI is InChI=1S/C35H50O4/c1-3-5-7-9-10-13-29-15-17-30(18-16-29)14-12-28-38-33-23-25-34(26-24-33)39-35(36)31-19-21-32(22-20-31)37-27-11-8-6-4-2/h4,19-26,29-30H,2-3,5-18,27-28H2,1H3/t29-,30-. The fourth-order valence-corrected chi connectivity index (χ4v) is 5.45. The molecule has 0 aliphatic heterocycles. The van der Waals surface area contributed by atoms with Crippen molar-refractivity contribution in [3.05, 3.63) is 66.7 Å². The van der Waals surface area contributed by atoms with Gasteiger partial charge in [0.2, 0.25) is 0 Å². The van der Waals surface area contributed by atoms with Crippen LogP contribution in [0.5, 0.6) is 17.2 Å². The largest absolute Gasteiger partial charge is 0.494 e. The molecule has 0 spiro atoms. The Bertz CT molecular complexity index is 926. The van der Waals surface area contributed by atoms with E-state index in [4.69, 9.17) is 14.2 Å². The molecule has 4 nitrogen and oxygen atoms in total. The van der Waals surface area contributed by atoms with Crippen molar-refractivity contribution in [2.75, 3.05) is 13.2 Å². The Morgan fingerprint density at radius 2 is 1.26 bits per heavy atom. The van der Waals surface area contributed by atoms with Gasteiger partial charge in [-0.15, -0.1) is 6.58 Å². The van der Waals surface area contributed by atoms with E-state index in [9.17, 15) is 4.79 Å². The van der Waals surface area contributed by atoms with Gasteiger partial charge >= 0.3 is 5.97 Å². The number of allylic oxidation sites excluding steroid dienone is 1. The van der Waals surface area contributed by atoms with Crippen LogP contribution in [0.1, 0.15) is 114 Å². The second kappa shape index (κ2) is 18.5. The molecule has 0 N–H and O–H groups in total. The molecule has 4 heteroatoms. The van der Waals surface area contributed by atoms with Gasteiger partial charge in [-0.05, 0) is 92.5 Å². The first-order valence-electron chi connectivity index (χ1n) is 15.5. The lowest BCUT2D eigenvalue weighted by Crippen LogP contribution is -2.15. The second-order valence-electron chi connectivity index (χ2n) is 11.1. The van der Waals surface area contributed by atoms with E-state index in [1.165, 1.54) is 70.6 Å². The van der Waals surface area contributed by atoms with E-state index in [2.05, 4.69) is 13.5 Å². The highest BCUT2D eigenvalue weighted by molar-refractivity contribution is 5.91. The van der Waals surface area contributed by atoms with Gasteiger partial charge in [-0.2, -0.15) is 0 Å². The van der Waals surface area contributed by atoms with Crippen molar-refractivity contribution in [1.29, 1.82) is 0 Å². The first-order valence-corrected chi connectivity index (χ1v) is 15.5. The van der Waals surface area contributed by atoms with Crippen LogP contribution in [-0.4, -0.2) is 19.2 Å². The highest BCUT2D eigenvalue weighted by Gasteiger charge is 2.20. The number of ether oxygens (including phenoxy) is 3. The van der Waals surface area contributed by atoms with Crippen molar-refractivity contribution in [1.82, 2.24) is 0 Å². The summed E-state index contributed by atoms with van der Waals surface area (Å²) in [5.41, 5.74) is 0.496. The Labute approximate surface area is 237 Å². The molecular weight excluding hydrogens is 484 g/mol. The van der Waals surface area contributed by atoms with Gasteiger partial charge in [-0.25, -0.2) is 4.79 Å². The van der Waals surface area contributed by atoms with Gasteiger partial charge in [0.05, 0.1) is 18.8 Å². The molecule has 0 amide bonds. The Kier molecular flexibility index (Phi) is 14.6. The fraction of sp³-hybridized carbons (Fsp3) is 0.571. The van der Waals surface area contributed by atoms with Crippen molar-refractivity contribution >= 4 is 5.97 Å². The number of hydrogen-bond donors (Lipinski definition) is 0. The molecule has 0 heterocycles. The number of benzene rings is 2. The van der Waals surface area contributed by atoms with Gasteiger partial charge in [0.15, 0.2) is 0 Å². The fourth-order valence-electron chi connectivity index (χ4n) is 5.45. The molecule has 0 radical (unpaired) electrons. The molecule has 0 bridgehead atoms. The molecule has 0 aromatic heterocycles. The van der Waals surface area contributed by atoms with E-state index in [1.54, 1.807) is 24.3 Å². The van der Waals surface area contributed by atoms with Crippen LogP contribution in [0.3, 0.4) is 0 Å². The summed E-state index contributed by atoms with van der Waals surface area (Å²) in [5.74, 6) is 3.55. The highest BCUT2D eigenvalue weighted by Crippen LogP contribution is 2.34. The van der Waals surface area contributed by atoms with Crippen molar-refractivity contribution in [2.24, 2.45) is 11.8 Å². The van der Waals surface area contributed by atoms with Gasteiger partial charge in [-0.1, -0.05) is 77.2 Å². The minimum atomic E-state index is -0.382. The van der Waals surface area contributed by atoms with Crippen molar-refractivity contribution < 1.29 is 19.0 Å². The number of unbranched alkanes of at least 4 members (excludes halogenated alkanes) is 6. The topological polar surface area (TPSA) is 44.8 Å². The molecule has 2 aromatic carbocycles. The summed E-state index contributed by atoms with van der Waals surface area (Å²) in [4.78, 5) is 12.5. The van der Waals surface area contributed by atoms with Crippen molar-refractivity contribution in [2.45, 2.75) is 103 Å². The third kappa shape index (κ3) is 12.3. The molecule has 1 fully saturated rings. The molecule has 0 atom stereocenters. The molecule has 214 valence electrons. The van der Waals surface area contributed by atoms with Crippen LogP contribution in [0.25, 0.3) is 0 Å². The van der Waals surface area contributed by atoms with E-state index in [-0.39, 0.29) is 5.97 Å². The molecule has 1 aliphatic rings. The van der Waals surface area contributed by atoms with Crippen LogP contribution in [0.2, 0.25) is 0 Å². The summed E-state index contributed by atoms with van der Waals surface area (Å²) in [7, 11) is 0. The smallest absolute Gasteiger partial charge is 0.343 e. The van der Waals surface area contributed by atoms with Crippen molar-refractivity contribution in [3.8, 4) is 17.2 Å². The molecule has 3 rings (SSSR count). The first-order chi connectivity index (χ1) is 19.2. The van der Waals surface area contributed by atoms with Gasteiger partial charge in [0, 0.05) is 0 Å². The molecular formula is C35H50O4. The van der Waals surface area contributed by atoms with Crippen molar-refractivity contribution in [3.63, 3.8) is 0 Å². The lowest BCUT2D eigenvalue weighted by molar-refractivity contribution is 0.0734. The number of rotatable bonds is 19. The van der Waals surface area contributed by atoms with E-state index < -0.39 is 0 Å². The van der Waals surface area contributed by atoms with Gasteiger partial charge in [-0.3, -0.25) is 0 Å². The predicted octanol–water partition coefficient (Wildman–Crippen LogP) is 9.97. The van der Waals surface area contributed by atoms with Crippen LogP contribution in [0.15, 0.2) is 61.2 Å². The zero-order valence-electron chi connectivity index (χ0n) is 24.2. The number of carbonyl (C=O) groups excluding carboxylic acids is 1. The van der Waals surface area contributed by atoms with Gasteiger partial charge in [0.25, 0.3) is 0 Å². The maximum Gasteiger partial charge on any atom is 0.343 e. The number of carbonyl (C=O) groups is 1. The summed E-state index contributed by atoms with van der Waals surface area (Å²) >= 11 is 0. The van der Waals surface area contributed by atoms with Crippen LogP contribution >= 0.6 is 0 Å². The zero-order valence-corrected chi connectivity index (χ0v) is 24.2. The van der Waals surface area contributed by atoms with E-state index in [0.29, 0.717) is 17.9 Å². The Hall–Kier alpha value is -2.75. The van der Waals surface area contributed by atoms with Crippen LogP contribution < -0.4 is 14.2 Å². The van der Waals surface area contributed by atoms with Gasteiger partial charge < -0.3 is 14.2 Å². The summed E-state index contributed by atoms with van der Waals surface area (Å²) in [6.07, 6.45) is 21.4. The predicted molar refractivity (Wildman–Crippen MR) is 161 cm³/mol.